The molecule has 0 aromatic rings. The van der Waals surface area contributed by atoms with Crippen molar-refractivity contribution in [3.63, 3.8) is 0 Å². The highest BCUT2D eigenvalue weighted by Gasteiger charge is 2.30. The molecule has 1 rings (SSSR count). The number of hydrogen-bond donors (Lipinski definition) is 1. The number of rotatable bonds is 4. The maximum absolute atomic E-state index is 12.1. The van der Waals surface area contributed by atoms with Crippen molar-refractivity contribution in [2.45, 2.75) is 39.2 Å². The summed E-state index contributed by atoms with van der Waals surface area (Å²) >= 11 is 0. The number of aliphatic carboxylic acids is 1. The van der Waals surface area contributed by atoms with Gasteiger partial charge in [0.15, 0.2) is 0 Å². The quantitative estimate of drug-likeness (QED) is 0.791. The molecule has 0 radical (unpaired) electrons. The molecule has 16 heavy (non-hydrogen) atoms. The summed E-state index contributed by atoms with van der Waals surface area (Å²) in [5.74, 6) is -0.956. The van der Waals surface area contributed by atoms with Gasteiger partial charge in [0.2, 0.25) is 0 Å². The fourth-order valence-corrected chi connectivity index (χ4v) is 2.17. The van der Waals surface area contributed by atoms with Crippen LogP contribution in [0.2, 0.25) is 0 Å². The van der Waals surface area contributed by atoms with Gasteiger partial charge in [-0.05, 0) is 26.2 Å². The highest BCUT2D eigenvalue weighted by atomic mass is 16.4. The van der Waals surface area contributed by atoms with Crippen LogP contribution in [0.1, 0.15) is 33.1 Å². The van der Waals surface area contributed by atoms with Crippen LogP contribution in [0, 0.1) is 0 Å². The fourth-order valence-electron chi connectivity index (χ4n) is 2.17. The minimum Gasteiger partial charge on any atom is -0.480 e. The van der Waals surface area contributed by atoms with Crippen molar-refractivity contribution in [3.8, 4) is 0 Å². The number of nitrogens with zero attached hydrogens (tertiary/aromatic N) is 2. The average Bonchev–Trinajstić information content (AvgIpc) is 2.72. The molecule has 1 fully saturated rings. The standard InChI is InChI=1S/C11H20N2O3/c1-3-9-6-5-7-13(9)11(16)12(4-2)8-10(14)15/h9H,3-8H2,1-2H3,(H,14,15). The molecule has 5 heteroatoms. The first kappa shape index (κ1) is 12.8. The SMILES string of the molecule is CCC1CCCN1C(=O)N(CC)CC(=O)O. The number of carboxylic acids is 1. The minimum absolute atomic E-state index is 0.130. The molecular formula is C11H20N2O3. The lowest BCUT2D eigenvalue weighted by Crippen LogP contribution is -2.47. The van der Waals surface area contributed by atoms with Crippen molar-refractivity contribution in [3.05, 3.63) is 0 Å². The second-order valence-corrected chi connectivity index (χ2v) is 4.09. The van der Waals surface area contributed by atoms with Gasteiger partial charge in [-0.25, -0.2) is 4.79 Å². The third-order valence-corrected chi connectivity index (χ3v) is 3.07. The van der Waals surface area contributed by atoms with Gasteiger partial charge < -0.3 is 14.9 Å². The van der Waals surface area contributed by atoms with E-state index in [0.29, 0.717) is 6.54 Å². The Morgan fingerprint density at radius 2 is 2.12 bits per heavy atom. The zero-order valence-electron chi connectivity index (χ0n) is 9.98. The molecule has 0 aromatic heterocycles. The Kier molecular flexibility index (Phi) is 4.58. The summed E-state index contributed by atoms with van der Waals surface area (Å²) in [6.45, 7) is 4.86. The van der Waals surface area contributed by atoms with E-state index in [1.165, 1.54) is 4.90 Å². The van der Waals surface area contributed by atoms with Crippen molar-refractivity contribution in [2.75, 3.05) is 19.6 Å². The Morgan fingerprint density at radius 3 is 2.62 bits per heavy atom. The van der Waals surface area contributed by atoms with Crippen molar-refractivity contribution in [1.82, 2.24) is 9.80 Å². The molecule has 1 atom stereocenters. The van der Waals surface area contributed by atoms with E-state index in [4.69, 9.17) is 5.11 Å². The van der Waals surface area contributed by atoms with E-state index in [0.717, 1.165) is 25.8 Å². The summed E-state index contributed by atoms with van der Waals surface area (Å²) in [4.78, 5) is 25.9. The van der Waals surface area contributed by atoms with E-state index in [1.807, 2.05) is 4.90 Å². The second kappa shape index (κ2) is 5.72. The van der Waals surface area contributed by atoms with Gasteiger partial charge in [0.05, 0.1) is 0 Å². The van der Waals surface area contributed by atoms with Gasteiger partial charge in [0.1, 0.15) is 6.54 Å². The Morgan fingerprint density at radius 1 is 1.44 bits per heavy atom. The third-order valence-electron chi connectivity index (χ3n) is 3.07. The minimum atomic E-state index is -0.956. The van der Waals surface area contributed by atoms with Gasteiger partial charge in [-0.2, -0.15) is 0 Å². The Bertz CT molecular complexity index is 268. The molecule has 92 valence electrons. The van der Waals surface area contributed by atoms with Crippen LogP contribution in [0.4, 0.5) is 4.79 Å². The summed E-state index contributed by atoms with van der Waals surface area (Å²) in [5.41, 5.74) is 0. The average molecular weight is 228 g/mol. The number of carbonyl (C=O) groups is 2. The molecule has 2 amide bonds. The van der Waals surface area contributed by atoms with Crippen LogP contribution in [0.5, 0.6) is 0 Å². The van der Waals surface area contributed by atoms with E-state index >= 15 is 0 Å². The Hall–Kier alpha value is -1.26. The largest absolute Gasteiger partial charge is 0.480 e. The van der Waals surface area contributed by atoms with Gasteiger partial charge >= 0.3 is 12.0 Å². The monoisotopic (exact) mass is 228 g/mol. The predicted molar refractivity (Wildman–Crippen MR) is 60.3 cm³/mol. The molecule has 0 aromatic carbocycles. The molecule has 1 heterocycles. The zero-order valence-corrected chi connectivity index (χ0v) is 9.98. The van der Waals surface area contributed by atoms with Crippen LogP contribution in [0.3, 0.4) is 0 Å². The zero-order chi connectivity index (χ0) is 12.1. The molecule has 0 bridgehead atoms. The van der Waals surface area contributed by atoms with Crippen molar-refractivity contribution in [1.29, 1.82) is 0 Å². The van der Waals surface area contributed by atoms with Crippen LogP contribution < -0.4 is 0 Å². The van der Waals surface area contributed by atoms with Gasteiger partial charge in [0.25, 0.3) is 0 Å². The normalized spacial score (nSPS) is 19.9. The van der Waals surface area contributed by atoms with Crippen LogP contribution >= 0.6 is 0 Å². The Labute approximate surface area is 96.0 Å². The molecule has 5 nitrogen and oxygen atoms in total. The number of urea groups is 1. The van der Waals surface area contributed by atoms with E-state index in [9.17, 15) is 9.59 Å². The van der Waals surface area contributed by atoms with Crippen molar-refractivity contribution in [2.24, 2.45) is 0 Å². The van der Waals surface area contributed by atoms with Gasteiger partial charge in [-0.1, -0.05) is 6.92 Å². The van der Waals surface area contributed by atoms with E-state index in [2.05, 4.69) is 6.92 Å². The summed E-state index contributed by atoms with van der Waals surface area (Å²) in [7, 11) is 0. The summed E-state index contributed by atoms with van der Waals surface area (Å²) in [5, 5.41) is 8.72. The second-order valence-electron chi connectivity index (χ2n) is 4.09. The number of hydrogen-bond acceptors (Lipinski definition) is 2. The molecular weight excluding hydrogens is 208 g/mol. The maximum Gasteiger partial charge on any atom is 0.323 e. The third kappa shape index (κ3) is 2.87. The predicted octanol–water partition coefficient (Wildman–Crippen LogP) is 1.39. The first-order valence-electron chi connectivity index (χ1n) is 5.87. The van der Waals surface area contributed by atoms with Crippen LogP contribution in [0.25, 0.3) is 0 Å². The van der Waals surface area contributed by atoms with Crippen LogP contribution in [0.15, 0.2) is 0 Å². The molecule has 1 saturated heterocycles. The van der Waals surface area contributed by atoms with Crippen LogP contribution in [-0.4, -0.2) is 52.6 Å². The van der Waals surface area contributed by atoms with E-state index in [-0.39, 0.29) is 18.6 Å². The van der Waals surface area contributed by atoms with Crippen molar-refractivity contribution < 1.29 is 14.7 Å². The Balaban J connectivity index is 2.63. The highest BCUT2D eigenvalue weighted by Crippen LogP contribution is 2.21. The lowest BCUT2D eigenvalue weighted by atomic mass is 10.2. The molecule has 0 saturated carbocycles. The van der Waals surface area contributed by atoms with E-state index < -0.39 is 5.97 Å². The molecule has 1 unspecified atom stereocenters. The smallest absolute Gasteiger partial charge is 0.323 e. The number of likely N-dealkylation sites (tertiary alicyclic amines) is 1. The molecule has 1 aliphatic heterocycles. The van der Waals surface area contributed by atoms with E-state index in [1.54, 1.807) is 6.92 Å². The molecule has 0 spiro atoms. The number of carbonyl (C=O) groups excluding carboxylic acids is 1. The number of carboxylic acid groups (broad SMARTS) is 1. The van der Waals surface area contributed by atoms with Gasteiger partial charge in [0, 0.05) is 19.1 Å². The lowest BCUT2D eigenvalue weighted by molar-refractivity contribution is -0.137. The summed E-state index contributed by atoms with van der Waals surface area (Å²) < 4.78 is 0. The molecule has 1 N–H and O–H groups in total. The number of amides is 2. The van der Waals surface area contributed by atoms with Gasteiger partial charge in [-0.15, -0.1) is 0 Å². The highest BCUT2D eigenvalue weighted by molar-refractivity contribution is 5.80. The summed E-state index contributed by atoms with van der Waals surface area (Å²) in [6.07, 6.45) is 3.00. The fraction of sp³-hybridized carbons (Fsp3) is 0.818. The van der Waals surface area contributed by atoms with Crippen molar-refractivity contribution >= 4 is 12.0 Å². The van der Waals surface area contributed by atoms with Crippen LogP contribution in [-0.2, 0) is 4.79 Å². The lowest BCUT2D eigenvalue weighted by Gasteiger charge is -2.29. The molecule has 0 aliphatic carbocycles. The molecule has 1 aliphatic rings. The number of likely N-dealkylation sites (N-methyl/N-ethyl adjacent to an activating group) is 1. The first-order valence-corrected chi connectivity index (χ1v) is 5.87. The summed E-state index contributed by atoms with van der Waals surface area (Å²) in [6, 6.07) is 0.157. The topological polar surface area (TPSA) is 60.9 Å². The first-order chi connectivity index (χ1) is 7.60. The van der Waals surface area contributed by atoms with Gasteiger partial charge in [-0.3, -0.25) is 4.79 Å². The maximum atomic E-state index is 12.1.